The Balaban J connectivity index is 1.27. The van der Waals surface area contributed by atoms with E-state index in [4.69, 9.17) is 4.74 Å². The summed E-state index contributed by atoms with van der Waals surface area (Å²) in [5, 5.41) is 31.8. The first-order chi connectivity index (χ1) is 18.0. The fourth-order valence-electron chi connectivity index (χ4n) is 9.55. The number of para-hydroxylation sites is 1. The minimum Gasteiger partial charge on any atom is -0.493 e. The topological polar surface area (TPSA) is 69.9 Å². The van der Waals surface area contributed by atoms with Gasteiger partial charge >= 0.3 is 0 Å². The van der Waals surface area contributed by atoms with Crippen LogP contribution in [0.4, 0.5) is 8.78 Å². The molecule has 1 aromatic carbocycles. The molecule has 0 spiro atoms. The molecule has 4 nitrogen and oxygen atoms in total. The third-order valence-electron chi connectivity index (χ3n) is 11.7. The van der Waals surface area contributed by atoms with E-state index in [9.17, 15) is 19.7 Å². The van der Waals surface area contributed by atoms with Gasteiger partial charge in [-0.25, -0.2) is 8.78 Å². The fraction of sp³-hybridized carbons (Fsp3) is 0.750. The number of methoxy groups -OCH3 is 1. The van der Waals surface area contributed by atoms with Crippen molar-refractivity contribution in [2.75, 3.05) is 7.11 Å². The van der Waals surface area contributed by atoms with Crippen molar-refractivity contribution in [1.82, 2.24) is 0 Å². The van der Waals surface area contributed by atoms with Gasteiger partial charge in [0.2, 0.25) is 0 Å². The van der Waals surface area contributed by atoms with E-state index in [-0.39, 0.29) is 46.6 Å². The van der Waals surface area contributed by atoms with Gasteiger partial charge in [-0.05, 0) is 97.0 Å². The number of halogens is 2. The van der Waals surface area contributed by atoms with E-state index in [1.807, 2.05) is 0 Å². The molecular weight excluding hydrogens is 486 g/mol. The molecule has 1 aromatic rings. The maximum atomic E-state index is 15.9. The number of rotatable bonds is 7. The second-order valence-electron chi connectivity index (χ2n) is 13.4. The normalized spacial score (nSPS) is 40.2. The van der Waals surface area contributed by atoms with Crippen molar-refractivity contribution in [3.63, 3.8) is 0 Å². The SMILES string of the molecule is COc1c(F)cccc1C(O)CCC[C@@H](C)[C@H]1CC[C@H]2C3=C(F)C[C@H]4[C@@H](O)[C@@H](O)CC[C@]4(C)[C@H]3CC[C@]12C. The Labute approximate surface area is 226 Å². The lowest BCUT2D eigenvalue weighted by atomic mass is 9.47. The minimum atomic E-state index is -0.839. The Bertz CT molecular complexity index is 1060. The summed E-state index contributed by atoms with van der Waals surface area (Å²) in [5.41, 5.74) is 1.45. The number of hydrogen-bond donors (Lipinski definition) is 3. The zero-order valence-electron chi connectivity index (χ0n) is 23.4. The van der Waals surface area contributed by atoms with Gasteiger partial charge in [0, 0.05) is 12.0 Å². The van der Waals surface area contributed by atoms with E-state index >= 15 is 4.39 Å². The Hall–Kier alpha value is -1.50. The number of hydrogen-bond acceptors (Lipinski definition) is 4. The monoisotopic (exact) mass is 532 g/mol. The van der Waals surface area contributed by atoms with Crippen LogP contribution in [-0.4, -0.2) is 34.6 Å². The highest BCUT2D eigenvalue weighted by molar-refractivity contribution is 5.36. The predicted molar refractivity (Wildman–Crippen MR) is 144 cm³/mol. The number of fused-ring (bicyclic) bond motifs is 5. The summed E-state index contributed by atoms with van der Waals surface area (Å²) in [4.78, 5) is 0. The molecule has 0 saturated heterocycles. The van der Waals surface area contributed by atoms with Crippen molar-refractivity contribution in [3.8, 4) is 5.75 Å². The van der Waals surface area contributed by atoms with Gasteiger partial charge < -0.3 is 20.1 Å². The number of aliphatic hydroxyl groups is 3. The number of ether oxygens (including phenoxy) is 1. The Kier molecular flexibility index (Phi) is 7.73. The third-order valence-corrected chi connectivity index (χ3v) is 11.7. The van der Waals surface area contributed by atoms with Crippen LogP contribution in [0.1, 0.15) is 96.6 Å². The standard InChI is InChI=1S/C32H46F2O4/c1-18(7-5-10-26(35)19-8-6-9-24(33)30(19)38-4)20-11-12-21-28-22(13-15-31(20,21)2)32(3)16-14-27(36)29(37)23(32)17-25(28)34/h6,8-9,18,20-23,26-27,29,35-37H,5,7,10-17H2,1-4H3/t18-,20-,21+,22+,23+,26?,27+,29-,31-,32-/m1/s1. The Morgan fingerprint density at radius 2 is 1.71 bits per heavy atom. The quantitative estimate of drug-likeness (QED) is 0.358. The van der Waals surface area contributed by atoms with Crippen LogP contribution in [-0.2, 0) is 0 Å². The molecule has 3 N–H and O–H groups in total. The van der Waals surface area contributed by atoms with Crippen LogP contribution in [0.15, 0.2) is 29.6 Å². The lowest BCUT2D eigenvalue weighted by Crippen LogP contribution is -2.55. The highest BCUT2D eigenvalue weighted by atomic mass is 19.1. The first-order valence-corrected chi connectivity index (χ1v) is 14.8. The van der Waals surface area contributed by atoms with Crippen LogP contribution >= 0.6 is 0 Å². The average molecular weight is 533 g/mol. The molecule has 0 aliphatic heterocycles. The third kappa shape index (κ3) is 4.43. The van der Waals surface area contributed by atoms with Gasteiger partial charge in [-0.1, -0.05) is 45.7 Å². The molecule has 212 valence electrons. The lowest BCUT2D eigenvalue weighted by Gasteiger charge is -2.59. The molecule has 3 fully saturated rings. The number of allylic oxidation sites excluding steroid dienone is 2. The summed E-state index contributed by atoms with van der Waals surface area (Å²) in [5.74, 6) is 0.801. The van der Waals surface area contributed by atoms with Gasteiger partial charge in [0.05, 0.1) is 25.4 Å². The lowest BCUT2D eigenvalue weighted by molar-refractivity contribution is -0.128. The average Bonchev–Trinajstić information content (AvgIpc) is 3.24. The van der Waals surface area contributed by atoms with Crippen molar-refractivity contribution in [2.24, 2.45) is 40.4 Å². The summed E-state index contributed by atoms with van der Waals surface area (Å²) in [7, 11) is 1.42. The van der Waals surface area contributed by atoms with Gasteiger partial charge in [-0.3, -0.25) is 0 Å². The second kappa shape index (κ2) is 10.5. The van der Waals surface area contributed by atoms with Crippen LogP contribution in [0.25, 0.3) is 0 Å². The van der Waals surface area contributed by atoms with Gasteiger partial charge in [-0.15, -0.1) is 0 Å². The minimum absolute atomic E-state index is 0.0120. The fourth-order valence-corrected chi connectivity index (χ4v) is 9.55. The molecule has 38 heavy (non-hydrogen) atoms. The molecule has 0 radical (unpaired) electrons. The van der Waals surface area contributed by atoms with E-state index in [0.29, 0.717) is 30.2 Å². The summed E-state index contributed by atoms with van der Waals surface area (Å²) < 4.78 is 35.1. The number of benzene rings is 1. The first-order valence-electron chi connectivity index (χ1n) is 14.8. The summed E-state index contributed by atoms with van der Waals surface area (Å²) in [6.07, 6.45) is 5.82. The van der Waals surface area contributed by atoms with Crippen molar-refractivity contribution in [1.29, 1.82) is 0 Å². The van der Waals surface area contributed by atoms with Crippen LogP contribution in [0.3, 0.4) is 0 Å². The Morgan fingerprint density at radius 1 is 1.00 bits per heavy atom. The van der Waals surface area contributed by atoms with Crippen molar-refractivity contribution in [3.05, 3.63) is 41.0 Å². The molecule has 5 rings (SSSR count). The highest BCUT2D eigenvalue weighted by Crippen LogP contribution is 2.68. The molecule has 0 amide bonds. The zero-order valence-corrected chi connectivity index (χ0v) is 23.4. The summed E-state index contributed by atoms with van der Waals surface area (Å²) in [6, 6.07) is 4.67. The van der Waals surface area contributed by atoms with Crippen LogP contribution in [0, 0.1) is 46.2 Å². The van der Waals surface area contributed by atoms with E-state index in [1.54, 1.807) is 12.1 Å². The maximum absolute atomic E-state index is 15.9. The van der Waals surface area contributed by atoms with Gasteiger partial charge in [0.25, 0.3) is 0 Å². The molecule has 4 aliphatic carbocycles. The van der Waals surface area contributed by atoms with Crippen LogP contribution in [0.5, 0.6) is 5.75 Å². The van der Waals surface area contributed by atoms with Crippen molar-refractivity contribution in [2.45, 2.75) is 103 Å². The van der Waals surface area contributed by atoms with Gasteiger partial charge in [0.1, 0.15) is 5.83 Å². The Morgan fingerprint density at radius 3 is 2.45 bits per heavy atom. The van der Waals surface area contributed by atoms with Crippen LogP contribution in [0.2, 0.25) is 0 Å². The number of aliphatic hydroxyl groups excluding tert-OH is 3. The zero-order chi connectivity index (χ0) is 27.4. The summed E-state index contributed by atoms with van der Waals surface area (Å²) >= 11 is 0. The summed E-state index contributed by atoms with van der Waals surface area (Å²) in [6.45, 7) is 6.92. The van der Waals surface area contributed by atoms with Gasteiger partial charge in [-0.2, -0.15) is 0 Å². The van der Waals surface area contributed by atoms with Crippen LogP contribution < -0.4 is 4.74 Å². The molecule has 3 saturated carbocycles. The highest BCUT2D eigenvalue weighted by Gasteiger charge is 2.61. The van der Waals surface area contributed by atoms with Gasteiger partial charge in [0.15, 0.2) is 11.6 Å². The van der Waals surface area contributed by atoms with E-state index < -0.39 is 24.1 Å². The molecular formula is C32H46F2O4. The smallest absolute Gasteiger partial charge is 0.165 e. The molecule has 0 aromatic heterocycles. The molecule has 6 heteroatoms. The predicted octanol–water partition coefficient (Wildman–Crippen LogP) is 6.88. The molecule has 0 bridgehead atoms. The largest absolute Gasteiger partial charge is 0.493 e. The van der Waals surface area contributed by atoms with E-state index in [2.05, 4.69) is 20.8 Å². The molecule has 4 aliphatic rings. The molecule has 10 atom stereocenters. The van der Waals surface area contributed by atoms with Crippen molar-refractivity contribution < 1.29 is 28.8 Å². The molecule has 1 unspecified atom stereocenters. The van der Waals surface area contributed by atoms with E-state index in [0.717, 1.165) is 50.5 Å². The van der Waals surface area contributed by atoms with E-state index in [1.165, 1.54) is 13.2 Å². The van der Waals surface area contributed by atoms with Crippen molar-refractivity contribution >= 4 is 0 Å². The first kappa shape index (κ1) is 28.0. The second-order valence-corrected chi connectivity index (χ2v) is 13.4. The maximum Gasteiger partial charge on any atom is 0.165 e. The molecule has 0 heterocycles.